The molecule has 1 fully saturated rings. The highest BCUT2D eigenvalue weighted by molar-refractivity contribution is 9.10. The minimum atomic E-state index is -3.51. The van der Waals surface area contributed by atoms with E-state index in [2.05, 4.69) is 15.9 Å². The zero-order chi connectivity index (χ0) is 13.2. The normalized spacial score (nSPS) is 18.6. The molecular weight excluding hydrogens is 321 g/mol. The second-order valence-corrected chi connectivity index (χ2v) is 7.15. The molecular formula is C12H15BrFNO2S. The number of hydrogen-bond acceptors (Lipinski definition) is 2. The van der Waals surface area contributed by atoms with Crippen LogP contribution in [0.1, 0.15) is 25.7 Å². The van der Waals surface area contributed by atoms with Gasteiger partial charge in [0, 0.05) is 17.6 Å². The Hall–Kier alpha value is -0.460. The van der Waals surface area contributed by atoms with Gasteiger partial charge in [-0.3, -0.25) is 0 Å². The van der Waals surface area contributed by atoms with Crippen molar-refractivity contribution >= 4 is 26.0 Å². The topological polar surface area (TPSA) is 37.4 Å². The molecule has 1 aromatic rings. The van der Waals surface area contributed by atoms with Gasteiger partial charge < -0.3 is 0 Å². The Balaban J connectivity index is 2.34. The van der Waals surface area contributed by atoms with Crippen LogP contribution >= 0.6 is 15.9 Å². The Morgan fingerprint density at radius 2 is 1.72 bits per heavy atom. The molecule has 1 saturated heterocycles. The van der Waals surface area contributed by atoms with E-state index in [1.807, 2.05) is 0 Å². The molecule has 1 aromatic carbocycles. The van der Waals surface area contributed by atoms with E-state index in [-0.39, 0.29) is 9.37 Å². The molecule has 1 aliphatic heterocycles. The van der Waals surface area contributed by atoms with E-state index < -0.39 is 15.8 Å². The summed E-state index contributed by atoms with van der Waals surface area (Å²) >= 11 is 3.12. The molecule has 0 bridgehead atoms. The first kappa shape index (κ1) is 14.0. The summed E-state index contributed by atoms with van der Waals surface area (Å²) in [7, 11) is -3.51. The third-order valence-electron chi connectivity index (χ3n) is 3.08. The van der Waals surface area contributed by atoms with Gasteiger partial charge in [-0.15, -0.1) is 0 Å². The standard InChI is InChI=1S/C12H15BrFNO2S/c13-11-9-10(14)5-6-12(11)18(16,17)15-7-3-1-2-4-8-15/h5-6,9H,1-4,7-8H2. The van der Waals surface area contributed by atoms with Crippen LogP contribution in [0.15, 0.2) is 27.6 Å². The van der Waals surface area contributed by atoms with Crippen molar-refractivity contribution in [1.29, 1.82) is 0 Å². The minimum Gasteiger partial charge on any atom is -0.207 e. The van der Waals surface area contributed by atoms with Gasteiger partial charge in [-0.05, 0) is 47.0 Å². The minimum absolute atomic E-state index is 0.144. The molecule has 0 unspecified atom stereocenters. The first-order valence-electron chi connectivity index (χ1n) is 5.97. The van der Waals surface area contributed by atoms with Gasteiger partial charge in [0.15, 0.2) is 0 Å². The van der Waals surface area contributed by atoms with Crippen LogP contribution < -0.4 is 0 Å². The number of nitrogens with zero attached hydrogens (tertiary/aromatic N) is 1. The molecule has 1 heterocycles. The Kier molecular flexibility index (Phi) is 4.40. The summed E-state index contributed by atoms with van der Waals surface area (Å²) in [5.41, 5.74) is 0. The third-order valence-corrected chi connectivity index (χ3v) is 5.95. The lowest BCUT2D eigenvalue weighted by molar-refractivity contribution is 0.423. The molecule has 0 spiro atoms. The van der Waals surface area contributed by atoms with E-state index in [0.717, 1.165) is 25.7 Å². The maximum Gasteiger partial charge on any atom is 0.244 e. The van der Waals surface area contributed by atoms with Gasteiger partial charge in [-0.2, -0.15) is 4.31 Å². The summed E-state index contributed by atoms with van der Waals surface area (Å²) in [5, 5.41) is 0. The quantitative estimate of drug-likeness (QED) is 0.832. The molecule has 0 N–H and O–H groups in total. The third kappa shape index (κ3) is 2.92. The first-order chi connectivity index (χ1) is 8.51. The molecule has 0 aromatic heterocycles. The molecule has 100 valence electrons. The fourth-order valence-electron chi connectivity index (χ4n) is 2.11. The zero-order valence-corrected chi connectivity index (χ0v) is 12.3. The lowest BCUT2D eigenvalue weighted by Gasteiger charge is -2.20. The molecule has 0 amide bonds. The van der Waals surface area contributed by atoms with Crippen LogP contribution in [0, 0.1) is 5.82 Å². The average molecular weight is 336 g/mol. The van der Waals surface area contributed by atoms with Gasteiger partial charge in [0.05, 0.1) is 4.90 Å². The maximum atomic E-state index is 13.0. The molecule has 0 atom stereocenters. The summed E-state index contributed by atoms with van der Waals surface area (Å²) in [5.74, 6) is -0.448. The largest absolute Gasteiger partial charge is 0.244 e. The fourth-order valence-corrected chi connectivity index (χ4v) is 4.63. The molecule has 3 nitrogen and oxygen atoms in total. The lowest BCUT2D eigenvalue weighted by Crippen LogP contribution is -2.32. The SMILES string of the molecule is O=S(=O)(c1ccc(F)cc1Br)N1CCCCCC1. The van der Waals surface area contributed by atoms with Gasteiger partial charge >= 0.3 is 0 Å². The molecule has 6 heteroatoms. The van der Waals surface area contributed by atoms with Gasteiger partial charge in [0.25, 0.3) is 0 Å². The Morgan fingerprint density at radius 3 is 2.28 bits per heavy atom. The highest BCUT2D eigenvalue weighted by Crippen LogP contribution is 2.27. The second-order valence-electron chi connectivity index (χ2n) is 4.39. The van der Waals surface area contributed by atoms with Crippen molar-refractivity contribution in [2.75, 3.05) is 13.1 Å². The number of benzene rings is 1. The van der Waals surface area contributed by atoms with Crippen LogP contribution in [-0.4, -0.2) is 25.8 Å². The highest BCUT2D eigenvalue weighted by atomic mass is 79.9. The average Bonchev–Trinajstić information content (AvgIpc) is 2.57. The van der Waals surface area contributed by atoms with Crippen molar-refractivity contribution in [1.82, 2.24) is 4.31 Å². The zero-order valence-electron chi connectivity index (χ0n) is 9.90. The number of rotatable bonds is 2. The van der Waals surface area contributed by atoms with Gasteiger partial charge in [0.2, 0.25) is 10.0 Å². The van der Waals surface area contributed by atoms with E-state index in [1.54, 1.807) is 0 Å². The fraction of sp³-hybridized carbons (Fsp3) is 0.500. The van der Waals surface area contributed by atoms with E-state index in [9.17, 15) is 12.8 Å². The monoisotopic (exact) mass is 335 g/mol. The van der Waals surface area contributed by atoms with Crippen molar-refractivity contribution in [2.24, 2.45) is 0 Å². The van der Waals surface area contributed by atoms with Crippen LogP contribution in [0.5, 0.6) is 0 Å². The molecule has 2 rings (SSSR count). The van der Waals surface area contributed by atoms with Gasteiger partial charge in [-0.1, -0.05) is 12.8 Å². The van der Waals surface area contributed by atoms with Gasteiger partial charge in [0.1, 0.15) is 5.82 Å². The van der Waals surface area contributed by atoms with Crippen LogP contribution in [0.4, 0.5) is 4.39 Å². The van der Waals surface area contributed by atoms with E-state index >= 15 is 0 Å². The van der Waals surface area contributed by atoms with Crippen molar-refractivity contribution in [3.05, 3.63) is 28.5 Å². The predicted molar refractivity (Wildman–Crippen MR) is 71.3 cm³/mol. The van der Waals surface area contributed by atoms with Gasteiger partial charge in [-0.25, -0.2) is 12.8 Å². The van der Waals surface area contributed by atoms with Crippen molar-refractivity contribution < 1.29 is 12.8 Å². The van der Waals surface area contributed by atoms with Crippen LogP contribution in [0.25, 0.3) is 0 Å². The van der Waals surface area contributed by atoms with Crippen molar-refractivity contribution in [2.45, 2.75) is 30.6 Å². The Bertz CT molecular complexity index is 525. The van der Waals surface area contributed by atoms with Crippen LogP contribution in [0.2, 0.25) is 0 Å². The van der Waals surface area contributed by atoms with E-state index in [4.69, 9.17) is 0 Å². The van der Waals surface area contributed by atoms with Crippen LogP contribution in [0.3, 0.4) is 0 Å². The smallest absolute Gasteiger partial charge is 0.207 e. The Morgan fingerprint density at radius 1 is 1.11 bits per heavy atom. The molecule has 0 radical (unpaired) electrons. The molecule has 1 aliphatic rings. The second kappa shape index (κ2) is 5.67. The summed E-state index contributed by atoms with van der Waals surface area (Å²) in [6, 6.07) is 3.68. The predicted octanol–water partition coefficient (Wildman–Crippen LogP) is 3.15. The van der Waals surface area contributed by atoms with Crippen LogP contribution in [-0.2, 0) is 10.0 Å². The van der Waals surface area contributed by atoms with Crippen molar-refractivity contribution in [3.8, 4) is 0 Å². The highest BCUT2D eigenvalue weighted by Gasteiger charge is 2.27. The molecule has 0 aliphatic carbocycles. The Labute approximate surface area is 115 Å². The lowest BCUT2D eigenvalue weighted by atomic mass is 10.2. The van der Waals surface area contributed by atoms with Crippen molar-refractivity contribution in [3.63, 3.8) is 0 Å². The summed E-state index contributed by atoms with van der Waals surface area (Å²) < 4.78 is 39.7. The number of hydrogen-bond donors (Lipinski definition) is 0. The first-order valence-corrected chi connectivity index (χ1v) is 8.20. The maximum absolute atomic E-state index is 13.0. The number of halogens is 2. The summed E-state index contributed by atoms with van der Waals surface area (Å²) in [6.45, 7) is 1.10. The van der Waals surface area contributed by atoms with E-state index in [1.165, 1.54) is 22.5 Å². The summed E-state index contributed by atoms with van der Waals surface area (Å²) in [6.07, 6.45) is 3.91. The number of sulfonamides is 1. The summed E-state index contributed by atoms with van der Waals surface area (Å²) in [4.78, 5) is 0.144. The molecule has 0 saturated carbocycles. The molecule has 18 heavy (non-hydrogen) atoms. The van der Waals surface area contributed by atoms with E-state index in [0.29, 0.717) is 13.1 Å².